The van der Waals surface area contributed by atoms with Crippen LogP contribution < -0.4 is 15.4 Å². The highest BCUT2D eigenvalue weighted by atomic mass is 19.4. The van der Waals surface area contributed by atoms with E-state index in [1.54, 1.807) is 44.3 Å². The lowest BCUT2D eigenvalue weighted by Crippen LogP contribution is -2.36. The van der Waals surface area contributed by atoms with E-state index in [0.717, 1.165) is 11.1 Å². The van der Waals surface area contributed by atoms with Gasteiger partial charge < -0.3 is 20.1 Å². The summed E-state index contributed by atoms with van der Waals surface area (Å²) in [5.74, 6) is 0.266. The number of hydrogen-bond donors (Lipinski definition) is 2. The second kappa shape index (κ2) is 10.8. The summed E-state index contributed by atoms with van der Waals surface area (Å²) in [6.07, 6.45) is -4.41. The molecule has 0 amide bonds. The van der Waals surface area contributed by atoms with E-state index >= 15 is 0 Å². The Morgan fingerprint density at radius 3 is 2.43 bits per heavy atom. The Morgan fingerprint density at radius 2 is 1.77 bits per heavy atom. The Kier molecular flexibility index (Phi) is 8.46. The summed E-state index contributed by atoms with van der Waals surface area (Å²) in [6, 6.07) is 9.79. The summed E-state index contributed by atoms with van der Waals surface area (Å²) in [5, 5.41) is 6.13. The van der Waals surface area contributed by atoms with Gasteiger partial charge in [-0.1, -0.05) is 18.2 Å². The molecule has 0 aliphatic carbocycles. The highest BCUT2D eigenvalue weighted by Crippen LogP contribution is 2.23. The standard InChI is InChI=1S/C21H25F4N3O2/c1-14-4-6-16(19(8-14)30-13-21(23,24)25)11-28-20(26-2)27-10-15-5-7-18(22)17(9-15)12-29-3/h4-9H,10-13H2,1-3H3,(H2,26,27,28). The third-order valence-corrected chi connectivity index (χ3v) is 4.15. The van der Waals surface area contributed by atoms with Crippen LogP contribution in [0, 0.1) is 12.7 Å². The largest absolute Gasteiger partial charge is 0.484 e. The van der Waals surface area contributed by atoms with E-state index in [1.165, 1.54) is 13.2 Å². The summed E-state index contributed by atoms with van der Waals surface area (Å²) in [4.78, 5) is 4.10. The number of nitrogens with zero attached hydrogens (tertiary/aromatic N) is 1. The first kappa shape index (κ1) is 23.5. The van der Waals surface area contributed by atoms with E-state index < -0.39 is 12.8 Å². The fourth-order valence-corrected chi connectivity index (χ4v) is 2.69. The number of aliphatic imine (C=N–C) groups is 1. The maximum Gasteiger partial charge on any atom is 0.422 e. The van der Waals surface area contributed by atoms with Gasteiger partial charge >= 0.3 is 6.18 Å². The number of ether oxygens (including phenoxy) is 2. The number of alkyl halides is 3. The van der Waals surface area contributed by atoms with Gasteiger partial charge in [0.25, 0.3) is 0 Å². The van der Waals surface area contributed by atoms with Crippen LogP contribution in [-0.4, -0.2) is 32.9 Å². The SMILES string of the molecule is CN=C(NCc1ccc(F)c(COC)c1)NCc1ccc(C)cc1OCC(F)(F)F. The van der Waals surface area contributed by atoms with Crippen molar-refractivity contribution in [1.82, 2.24) is 10.6 Å². The van der Waals surface area contributed by atoms with Gasteiger partial charge in [-0.25, -0.2) is 4.39 Å². The smallest absolute Gasteiger partial charge is 0.422 e. The number of halogens is 4. The minimum absolute atomic E-state index is 0.165. The molecule has 0 aliphatic heterocycles. The van der Waals surface area contributed by atoms with Gasteiger partial charge in [0, 0.05) is 38.4 Å². The van der Waals surface area contributed by atoms with Crippen LogP contribution in [0.3, 0.4) is 0 Å². The van der Waals surface area contributed by atoms with Gasteiger partial charge in [-0.15, -0.1) is 0 Å². The molecule has 0 radical (unpaired) electrons. The van der Waals surface area contributed by atoms with Crippen LogP contribution in [0.15, 0.2) is 41.4 Å². The fourth-order valence-electron chi connectivity index (χ4n) is 2.69. The highest BCUT2D eigenvalue weighted by molar-refractivity contribution is 5.79. The van der Waals surface area contributed by atoms with Crippen molar-refractivity contribution >= 4 is 5.96 Å². The van der Waals surface area contributed by atoms with Gasteiger partial charge in [0.2, 0.25) is 0 Å². The summed E-state index contributed by atoms with van der Waals surface area (Å²) < 4.78 is 61.2. The normalized spacial score (nSPS) is 12.0. The average Bonchev–Trinajstić information content (AvgIpc) is 2.69. The molecule has 2 N–H and O–H groups in total. The minimum Gasteiger partial charge on any atom is -0.484 e. The Bertz CT molecular complexity index is 870. The summed E-state index contributed by atoms with van der Waals surface area (Å²) in [5.41, 5.74) is 2.64. The van der Waals surface area contributed by atoms with Crippen molar-refractivity contribution in [3.8, 4) is 5.75 Å². The molecule has 5 nitrogen and oxygen atoms in total. The van der Waals surface area contributed by atoms with E-state index in [9.17, 15) is 17.6 Å². The minimum atomic E-state index is -4.41. The third kappa shape index (κ3) is 7.55. The molecular weight excluding hydrogens is 402 g/mol. The molecule has 30 heavy (non-hydrogen) atoms. The van der Waals surface area contributed by atoms with Gasteiger partial charge in [-0.05, 0) is 36.2 Å². The molecule has 0 saturated carbocycles. The van der Waals surface area contributed by atoms with Gasteiger partial charge in [0.1, 0.15) is 11.6 Å². The predicted molar refractivity (Wildman–Crippen MR) is 107 cm³/mol. The van der Waals surface area contributed by atoms with Crippen molar-refractivity contribution in [3.63, 3.8) is 0 Å². The van der Waals surface area contributed by atoms with Crippen LogP contribution >= 0.6 is 0 Å². The molecule has 2 aromatic rings. The molecule has 9 heteroatoms. The van der Waals surface area contributed by atoms with Crippen molar-refractivity contribution in [2.75, 3.05) is 20.8 Å². The number of nitrogens with one attached hydrogen (secondary N) is 2. The molecule has 164 valence electrons. The van der Waals surface area contributed by atoms with E-state index in [4.69, 9.17) is 9.47 Å². The third-order valence-electron chi connectivity index (χ3n) is 4.15. The van der Waals surface area contributed by atoms with Crippen molar-refractivity contribution < 1.29 is 27.0 Å². The van der Waals surface area contributed by atoms with E-state index in [1.807, 2.05) is 0 Å². The number of methoxy groups -OCH3 is 1. The second-order valence-corrected chi connectivity index (χ2v) is 6.65. The van der Waals surface area contributed by atoms with Crippen LogP contribution in [0.4, 0.5) is 17.6 Å². The van der Waals surface area contributed by atoms with E-state index in [2.05, 4.69) is 15.6 Å². The molecular formula is C21H25F4N3O2. The molecule has 2 aromatic carbocycles. The van der Waals surface area contributed by atoms with Crippen LogP contribution in [-0.2, 0) is 24.4 Å². The molecule has 0 aromatic heterocycles. The Labute approximate surface area is 173 Å². The van der Waals surface area contributed by atoms with Crippen molar-refractivity contribution in [1.29, 1.82) is 0 Å². The summed E-state index contributed by atoms with van der Waals surface area (Å²) in [6.45, 7) is 1.18. The van der Waals surface area contributed by atoms with Crippen LogP contribution in [0.25, 0.3) is 0 Å². The number of aryl methyl sites for hydroxylation is 1. The Balaban J connectivity index is 1.98. The zero-order valence-corrected chi connectivity index (χ0v) is 17.1. The fraction of sp³-hybridized carbons (Fsp3) is 0.381. The van der Waals surface area contributed by atoms with Gasteiger partial charge in [0.05, 0.1) is 6.61 Å². The molecule has 0 unspecified atom stereocenters. The van der Waals surface area contributed by atoms with Crippen molar-refractivity contribution in [2.45, 2.75) is 32.8 Å². The number of rotatable bonds is 8. The van der Waals surface area contributed by atoms with Crippen molar-refractivity contribution in [2.24, 2.45) is 4.99 Å². The first-order valence-electron chi connectivity index (χ1n) is 9.21. The molecule has 0 saturated heterocycles. The highest BCUT2D eigenvalue weighted by Gasteiger charge is 2.28. The van der Waals surface area contributed by atoms with Crippen molar-refractivity contribution in [3.05, 3.63) is 64.5 Å². The van der Waals surface area contributed by atoms with Crippen LogP contribution in [0.1, 0.15) is 22.3 Å². The lowest BCUT2D eigenvalue weighted by molar-refractivity contribution is -0.153. The lowest BCUT2D eigenvalue weighted by Gasteiger charge is -2.16. The molecule has 0 bridgehead atoms. The second-order valence-electron chi connectivity index (χ2n) is 6.65. The molecule has 0 heterocycles. The monoisotopic (exact) mass is 427 g/mol. The average molecular weight is 427 g/mol. The first-order valence-corrected chi connectivity index (χ1v) is 9.21. The summed E-state index contributed by atoms with van der Waals surface area (Å²) >= 11 is 0. The zero-order chi connectivity index (χ0) is 22.1. The lowest BCUT2D eigenvalue weighted by atomic mass is 10.1. The number of hydrogen-bond acceptors (Lipinski definition) is 3. The quantitative estimate of drug-likeness (QED) is 0.379. The van der Waals surface area contributed by atoms with Crippen LogP contribution in [0.5, 0.6) is 5.75 Å². The molecule has 2 rings (SSSR count). The number of benzene rings is 2. The molecule has 0 atom stereocenters. The van der Waals surface area contributed by atoms with Gasteiger partial charge in [0.15, 0.2) is 12.6 Å². The molecule has 0 aliphatic rings. The zero-order valence-electron chi connectivity index (χ0n) is 17.1. The van der Waals surface area contributed by atoms with Gasteiger partial charge in [-0.3, -0.25) is 4.99 Å². The molecule has 0 fully saturated rings. The summed E-state index contributed by atoms with van der Waals surface area (Å²) in [7, 11) is 3.07. The Hall–Kier alpha value is -2.81. The molecule has 0 spiro atoms. The van der Waals surface area contributed by atoms with E-state index in [0.29, 0.717) is 23.6 Å². The predicted octanol–water partition coefficient (Wildman–Crippen LogP) is 4.09. The Morgan fingerprint density at radius 1 is 1.03 bits per heavy atom. The maximum atomic E-state index is 13.7. The van der Waals surface area contributed by atoms with Gasteiger partial charge in [-0.2, -0.15) is 13.2 Å². The van der Waals surface area contributed by atoms with E-state index in [-0.39, 0.29) is 24.7 Å². The first-order chi connectivity index (χ1) is 14.2. The van der Waals surface area contributed by atoms with Crippen LogP contribution in [0.2, 0.25) is 0 Å². The topological polar surface area (TPSA) is 54.9 Å². The number of guanidine groups is 1. The maximum absolute atomic E-state index is 13.7.